The highest BCUT2D eigenvalue weighted by molar-refractivity contribution is 7.10. The van der Waals surface area contributed by atoms with E-state index in [-0.39, 0.29) is 5.56 Å². The molecule has 0 aliphatic heterocycles. The molecule has 1 unspecified atom stereocenters. The molecule has 0 bridgehead atoms. The van der Waals surface area contributed by atoms with Gasteiger partial charge in [-0.05, 0) is 30.0 Å². The monoisotopic (exact) mass is 240 g/mol. The Morgan fingerprint density at radius 1 is 1.25 bits per heavy atom. The van der Waals surface area contributed by atoms with Gasteiger partial charge in [-0.15, -0.1) is 11.3 Å². The average Bonchev–Trinajstić information content (AvgIpc) is 2.75. The van der Waals surface area contributed by atoms with Gasteiger partial charge in [0.2, 0.25) is 0 Å². The zero-order chi connectivity index (χ0) is 11.7. The first-order chi connectivity index (χ1) is 7.59. The summed E-state index contributed by atoms with van der Waals surface area (Å²) >= 11 is 1.33. The first-order valence-corrected chi connectivity index (χ1v) is 5.64. The number of rotatable bonds is 2. The van der Waals surface area contributed by atoms with Crippen LogP contribution >= 0.6 is 11.3 Å². The number of benzene rings is 1. The van der Waals surface area contributed by atoms with Gasteiger partial charge in [-0.2, -0.15) is 0 Å². The normalized spacial score (nSPS) is 12.8. The summed E-state index contributed by atoms with van der Waals surface area (Å²) in [5, 5.41) is 11.7. The first kappa shape index (κ1) is 11.2. The van der Waals surface area contributed by atoms with Crippen molar-refractivity contribution in [2.75, 3.05) is 0 Å². The third kappa shape index (κ3) is 1.99. The van der Waals surface area contributed by atoms with Crippen molar-refractivity contribution in [1.82, 2.24) is 0 Å². The molecule has 0 radical (unpaired) electrons. The van der Waals surface area contributed by atoms with Crippen molar-refractivity contribution in [3.63, 3.8) is 0 Å². The van der Waals surface area contributed by atoms with Crippen LogP contribution in [0.25, 0.3) is 0 Å². The van der Waals surface area contributed by atoms with Crippen molar-refractivity contribution in [2.45, 2.75) is 13.0 Å². The number of hydrogen-bond acceptors (Lipinski definition) is 2. The lowest BCUT2D eigenvalue weighted by atomic mass is 10.0. The second-order valence-electron chi connectivity index (χ2n) is 3.54. The quantitative estimate of drug-likeness (QED) is 0.852. The van der Waals surface area contributed by atoms with E-state index in [1.54, 1.807) is 24.4 Å². The molecule has 1 atom stereocenters. The summed E-state index contributed by atoms with van der Waals surface area (Å²) in [5.74, 6) is -1.32. The van der Waals surface area contributed by atoms with Crippen LogP contribution in [0.1, 0.15) is 22.1 Å². The molecular weight excluding hydrogens is 230 g/mol. The summed E-state index contributed by atoms with van der Waals surface area (Å²) < 4.78 is 26.5. The van der Waals surface area contributed by atoms with E-state index in [1.165, 1.54) is 17.4 Å². The molecule has 1 aromatic carbocycles. The average molecular weight is 240 g/mol. The minimum absolute atomic E-state index is 0.112. The predicted molar refractivity (Wildman–Crippen MR) is 59.5 cm³/mol. The van der Waals surface area contributed by atoms with Gasteiger partial charge in [0, 0.05) is 16.5 Å². The van der Waals surface area contributed by atoms with Crippen molar-refractivity contribution in [2.24, 2.45) is 0 Å². The molecule has 84 valence electrons. The van der Waals surface area contributed by atoms with Crippen LogP contribution < -0.4 is 0 Å². The fraction of sp³-hybridized carbons (Fsp3) is 0.167. The Balaban J connectivity index is 2.44. The summed E-state index contributed by atoms with van der Waals surface area (Å²) in [4.78, 5) is 0.643. The Hall–Kier alpha value is -1.26. The van der Waals surface area contributed by atoms with E-state index in [0.717, 1.165) is 6.07 Å². The minimum Gasteiger partial charge on any atom is -0.383 e. The molecule has 16 heavy (non-hydrogen) atoms. The molecule has 0 saturated heterocycles. The van der Waals surface area contributed by atoms with Crippen molar-refractivity contribution in [3.05, 3.63) is 57.3 Å². The zero-order valence-electron chi connectivity index (χ0n) is 8.58. The number of hydrogen-bond donors (Lipinski definition) is 1. The maximum atomic E-state index is 13.5. The van der Waals surface area contributed by atoms with E-state index in [2.05, 4.69) is 0 Å². The predicted octanol–water partition coefficient (Wildman–Crippen LogP) is 3.42. The smallest absolute Gasteiger partial charge is 0.132 e. The summed E-state index contributed by atoms with van der Waals surface area (Å²) in [5.41, 5.74) is 0.438. The highest BCUT2D eigenvalue weighted by Crippen LogP contribution is 2.28. The lowest BCUT2D eigenvalue weighted by Gasteiger charge is -2.11. The molecule has 2 aromatic rings. The van der Waals surface area contributed by atoms with Crippen molar-refractivity contribution < 1.29 is 13.9 Å². The third-order valence-corrected chi connectivity index (χ3v) is 3.31. The summed E-state index contributed by atoms with van der Waals surface area (Å²) in [7, 11) is 0. The lowest BCUT2D eigenvalue weighted by Crippen LogP contribution is -2.02. The molecule has 0 amide bonds. The molecule has 0 saturated carbocycles. The number of aliphatic hydroxyl groups excluding tert-OH is 1. The fourth-order valence-electron chi connectivity index (χ4n) is 1.49. The molecule has 0 aliphatic rings. The van der Waals surface area contributed by atoms with E-state index in [9.17, 15) is 13.9 Å². The Labute approximate surface area is 96.0 Å². The summed E-state index contributed by atoms with van der Waals surface area (Å²) in [6.07, 6.45) is -1.03. The zero-order valence-corrected chi connectivity index (χ0v) is 9.39. The van der Waals surface area contributed by atoms with Crippen molar-refractivity contribution >= 4 is 11.3 Å². The third-order valence-electron chi connectivity index (χ3n) is 2.39. The number of aryl methyl sites for hydroxylation is 1. The Morgan fingerprint density at radius 2 is 2.00 bits per heavy atom. The Morgan fingerprint density at radius 3 is 2.62 bits per heavy atom. The number of halogens is 2. The molecule has 4 heteroatoms. The van der Waals surface area contributed by atoms with Gasteiger partial charge in [-0.3, -0.25) is 0 Å². The fourth-order valence-corrected chi connectivity index (χ4v) is 2.22. The topological polar surface area (TPSA) is 20.2 Å². The number of aliphatic hydroxyl groups is 1. The standard InChI is InChI=1S/C12H10F2OS/c1-7-5-8(10(14)6-9(7)13)12(15)11-3-2-4-16-11/h2-6,12,15H,1H3. The van der Waals surface area contributed by atoms with Crippen molar-refractivity contribution in [1.29, 1.82) is 0 Å². The van der Waals surface area contributed by atoms with Crippen LogP contribution in [0, 0.1) is 18.6 Å². The second-order valence-corrected chi connectivity index (χ2v) is 4.52. The highest BCUT2D eigenvalue weighted by atomic mass is 32.1. The largest absolute Gasteiger partial charge is 0.383 e. The van der Waals surface area contributed by atoms with Gasteiger partial charge in [-0.25, -0.2) is 8.78 Å². The van der Waals surface area contributed by atoms with Gasteiger partial charge in [0.25, 0.3) is 0 Å². The van der Waals surface area contributed by atoms with Crippen LogP contribution in [-0.4, -0.2) is 5.11 Å². The molecule has 1 heterocycles. The van der Waals surface area contributed by atoms with Crippen LogP contribution in [0.3, 0.4) is 0 Å². The Bertz CT molecular complexity index is 494. The Kier molecular flexibility index (Phi) is 3.03. The van der Waals surface area contributed by atoms with Gasteiger partial charge in [-0.1, -0.05) is 6.07 Å². The van der Waals surface area contributed by atoms with E-state index in [4.69, 9.17) is 0 Å². The van der Waals surface area contributed by atoms with Crippen LogP contribution in [0.5, 0.6) is 0 Å². The SMILES string of the molecule is Cc1cc(C(O)c2cccs2)c(F)cc1F. The lowest BCUT2D eigenvalue weighted by molar-refractivity contribution is 0.218. The van der Waals surface area contributed by atoms with Crippen LogP contribution in [0.2, 0.25) is 0 Å². The van der Waals surface area contributed by atoms with Gasteiger partial charge in [0.15, 0.2) is 0 Å². The molecule has 1 aromatic heterocycles. The van der Waals surface area contributed by atoms with E-state index < -0.39 is 17.7 Å². The van der Waals surface area contributed by atoms with Gasteiger partial charge in [0.1, 0.15) is 17.7 Å². The number of thiophene rings is 1. The summed E-state index contributed by atoms with van der Waals surface area (Å²) in [6.45, 7) is 1.54. The van der Waals surface area contributed by atoms with E-state index in [0.29, 0.717) is 10.4 Å². The molecular formula is C12H10F2OS. The molecule has 0 fully saturated rings. The maximum Gasteiger partial charge on any atom is 0.132 e. The van der Waals surface area contributed by atoms with E-state index in [1.807, 2.05) is 0 Å². The van der Waals surface area contributed by atoms with Crippen LogP contribution in [0.4, 0.5) is 8.78 Å². The molecule has 1 N–H and O–H groups in total. The molecule has 2 rings (SSSR count). The minimum atomic E-state index is -1.03. The van der Waals surface area contributed by atoms with Gasteiger partial charge in [0.05, 0.1) is 0 Å². The molecule has 0 spiro atoms. The second kappa shape index (κ2) is 4.31. The molecule has 1 nitrogen and oxygen atoms in total. The van der Waals surface area contributed by atoms with Gasteiger partial charge < -0.3 is 5.11 Å². The van der Waals surface area contributed by atoms with E-state index >= 15 is 0 Å². The maximum absolute atomic E-state index is 13.5. The first-order valence-electron chi connectivity index (χ1n) is 4.76. The van der Waals surface area contributed by atoms with Gasteiger partial charge >= 0.3 is 0 Å². The van der Waals surface area contributed by atoms with Crippen LogP contribution in [-0.2, 0) is 0 Å². The summed E-state index contributed by atoms with van der Waals surface area (Å²) in [6, 6.07) is 5.64. The molecule has 0 aliphatic carbocycles. The highest BCUT2D eigenvalue weighted by Gasteiger charge is 2.17. The van der Waals surface area contributed by atoms with Crippen molar-refractivity contribution in [3.8, 4) is 0 Å². The van der Waals surface area contributed by atoms with Crippen LogP contribution in [0.15, 0.2) is 29.6 Å².